The third kappa shape index (κ3) is 1.97. The molecule has 0 bridgehead atoms. The standard InChI is InChI=1S/C15H15ClN4O/c1-20(2)13-10(4-3-7-18-13)15(21)11-8-9(16)5-6-12(11)19-14(15)17/h3-8,21H,1-2H3,(H2,17,19). The van der Waals surface area contributed by atoms with E-state index in [4.69, 9.17) is 17.3 Å². The first-order chi connectivity index (χ1) is 9.94. The van der Waals surface area contributed by atoms with Gasteiger partial charge in [-0.05, 0) is 24.3 Å². The number of amidine groups is 1. The van der Waals surface area contributed by atoms with E-state index in [1.165, 1.54) is 0 Å². The predicted molar refractivity (Wildman–Crippen MR) is 84.3 cm³/mol. The highest BCUT2D eigenvalue weighted by molar-refractivity contribution is 6.30. The number of aliphatic imine (C=N–C) groups is 1. The molecule has 0 amide bonds. The summed E-state index contributed by atoms with van der Waals surface area (Å²) in [4.78, 5) is 10.4. The molecule has 1 aromatic carbocycles. The lowest BCUT2D eigenvalue weighted by molar-refractivity contribution is 0.158. The summed E-state index contributed by atoms with van der Waals surface area (Å²) in [6, 6.07) is 8.71. The molecule has 3 rings (SSSR count). The van der Waals surface area contributed by atoms with Crippen molar-refractivity contribution in [1.29, 1.82) is 0 Å². The number of aliphatic hydroxyl groups is 1. The maximum absolute atomic E-state index is 11.3. The van der Waals surface area contributed by atoms with Crippen LogP contribution in [0.15, 0.2) is 41.5 Å². The second kappa shape index (κ2) is 4.72. The van der Waals surface area contributed by atoms with Gasteiger partial charge in [-0.2, -0.15) is 0 Å². The van der Waals surface area contributed by atoms with Gasteiger partial charge in [-0.3, -0.25) is 0 Å². The van der Waals surface area contributed by atoms with Gasteiger partial charge < -0.3 is 15.7 Å². The number of hydrogen-bond donors (Lipinski definition) is 2. The Balaban J connectivity index is 2.28. The van der Waals surface area contributed by atoms with E-state index in [2.05, 4.69) is 9.98 Å². The van der Waals surface area contributed by atoms with Gasteiger partial charge in [0.25, 0.3) is 0 Å². The van der Waals surface area contributed by atoms with E-state index in [1.807, 2.05) is 19.0 Å². The fourth-order valence-corrected chi connectivity index (χ4v) is 2.74. The molecule has 0 radical (unpaired) electrons. The molecule has 0 fully saturated rings. The Labute approximate surface area is 127 Å². The van der Waals surface area contributed by atoms with Crippen molar-refractivity contribution in [3.05, 3.63) is 52.7 Å². The Bertz CT molecular complexity index is 744. The average molecular weight is 303 g/mol. The predicted octanol–water partition coefficient (Wildman–Crippen LogP) is 2.04. The van der Waals surface area contributed by atoms with E-state index < -0.39 is 5.60 Å². The average Bonchev–Trinajstić information content (AvgIpc) is 2.72. The Kier molecular flexibility index (Phi) is 3.11. The van der Waals surface area contributed by atoms with Gasteiger partial charge in [0.15, 0.2) is 5.60 Å². The number of nitrogens with zero attached hydrogens (tertiary/aromatic N) is 3. The minimum atomic E-state index is -1.52. The van der Waals surface area contributed by atoms with E-state index >= 15 is 0 Å². The highest BCUT2D eigenvalue weighted by atomic mass is 35.5. The van der Waals surface area contributed by atoms with Crippen LogP contribution >= 0.6 is 11.6 Å². The maximum atomic E-state index is 11.3. The summed E-state index contributed by atoms with van der Waals surface area (Å²) >= 11 is 6.06. The molecule has 1 aliphatic rings. The number of benzene rings is 1. The fourth-order valence-electron chi connectivity index (χ4n) is 2.56. The van der Waals surface area contributed by atoms with Crippen LogP contribution in [0.25, 0.3) is 0 Å². The molecule has 21 heavy (non-hydrogen) atoms. The van der Waals surface area contributed by atoms with Crippen LogP contribution in [0.4, 0.5) is 11.5 Å². The van der Waals surface area contributed by atoms with Crippen molar-refractivity contribution < 1.29 is 5.11 Å². The molecule has 0 saturated carbocycles. The van der Waals surface area contributed by atoms with Gasteiger partial charge in [-0.15, -0.1) is 0 Å². The van der Waals surface area contributed by atoms with Crippen molar-refractivity contribution >= 4 is 28.9 Å². The Morgan fingerprint density at radius 2 is 2.00 bits per heavy atom. The van der Waals surface area contributed by atoms with E-state index in [9.17, 15) is 5.11 Å². The lowest BCUT2D eigenvalue weighted by atomic mass is 9.86. The molecule has 2 aromatic rings. The van der Waals surface area contributed by atoms with Gasteiger partial charge in [0.1, 0.15) is 11.7 Å². The molecule has 108 valence electrons. The molecule has 5 nitrogen and oxygen atoms in total. The number of nitrogens with two attached hydrogens (primary N) is 1. The van der Waals surface area contributed by atoms with Crippen molar-refractivity contribution in [2.45, 2.75) is 5.60 Å². The Morgan fingerprint density at radius 1 is 1.24 bits per heavy atom. The maximum Gasteiger partial charge on any atom is 0.178 e. The zero-order valence-corrected chi connectivity index (χ0v) is 12.5. The lowest BCUT2D eigenvalue weighted by Crippen LogP contribution is -2.40. The van der Waals surface area contributed by atoms with Crippen molar-refractivity contribution in [3.63, 3.8) is 0 Å². The highest BCUT2D eigenvalue weighted by Gasteiger charge is 2.44. The second-order valence-electron chi connectivity index (χ2n) is 5.14. The van der Waals surface area contributed by atoms with Gasteiger partial charge >= 0.3 is 0 Å². The lowest BCUT2D eigenvalue weighted by Gasteiger charge is -2.28. The van der Waals surface area contributed by atoms with Crippen LogP contribution in [0.3, 0.4) is 0 Å². The molecular formula is C15H15ClN4O. The van der Waals surface area contributed by atoms with E-state index in [0.29, 0.717) is 27.7 Å². The summed E-state index contributed by atoms with van der Waals surface area (Å²) in [5.41, 5.74) is 6.28. The molecule has 1 aromatic heterocycles. The second-order valence-corrected chi connectivity index (χ2v) is 5.57. The smallest absolute Gasteiger partial charge is 0.178 e. The Morgan fingerprint density at radius 3 is 2.71 bits per heavy atom. The van der Waals surface area contributed by atoms with Gasteiger partial charge in [-0.1, -0.05) is 17.7 Å². The van der Waals surface area contributed by atoms with Crippen molar-refractivity contribution in [3.8, 4) is 0 Å². The minimum absolute atomic E-state index is 0.121. The molecule has 6 heteroatoms. The quantitative estimate of drug-likeness (QED) is 0.890. The van der Waals surface area contributed by atoms with E-state index in [0.717, 1.165) is 0 Å². The van der Waals surface area contributed by atoms with Crippen molar-refractivity contribution in [1.82, 2.24) is 4.98 Å². The molecule has 0 spiro atoms. The monoisotopic (exact) mass is 302 g/mol. The number of halogens is 1. The molecule has 0 aliphatic carbocycles. The number of fused-ring (bicyclic) bond motifs is 1. The summed E-state index contributed by atoms with van der Waals surface area (Å²) in [5.74, 6) is 0.752. The molecule has 1 atom stereocenters. The summed E-state index contributed by atoms with van der Waals surface area (Å²) < 4.78 is 0. The number of rotatable bonds is 2. The van der Waals surface area contributed by atoms with Crippen LogP contribution in [0.5, 0.6) is 0 Å². The van der Waals surface area contributed by atoms with Crippen molar-refractivity contribution in [2.75, 3.05) is 19.0 Å². The molecule has 1 aliphatic heterocycles. The van der Waals surface area contributed by atoms with Gasteiger partial charge in [0, 0.05) is 36.4 Å². The number of anilines is 1. The fraction of sp³-hybridized carbons (Fsp3) is 0.200. The van der Waals surface area contributed by atoms with Crippen LogP contribution in [-0.2, 0) is 5.60 Å². The normalized spacial score (nSPS) is 20.1. The van der Waals surface area contributed by atoms with Crippen LogP contribution in [0.1, 0.15) is 11.1 Å². The molecule has 1 unspecified atom stereocenters. The first kappa shape index (κ1) is 13.9. The van der Waals surface area contributed by atoms with Crippen LogP contribution in [0, 0.1) is 0 Å². The van der Waals surface area contributed by atoms with Crippen LogP contribution < -0.4 is 10.6 Å². The highest BCUT2D eigenvalue weighted by Crippen LogP contribution is 2.44. The summed E-state index contributed by atoms with van der Waals surface area (Å²) in [7, 11) is 3.72. The third-order valence-electron chi connectivity index (χ3n) is 3.56. The molecule has 3 N–H and O–H groups in total. The van der Waals surface area contributed by atoms with Crippen LogP contribution in [-0.4, -0.2) is 30.0 Å². The van der Waals surface area contributed by atoms with Gasteiger partial charge in [0.2, 0.25) is 0 Å². The molecule has 2 heterocycles. The Hall–Kier alpha value is -2.11. The van der Waals surface area contributed by atoms with E-state index in [1.54, 1.807) is 36.5 Å². The van der Waals surface area contributed by atoms with Gasteiger partial charge in [-0.25, -0.2) is 9.98 Å². The largest absolute Gasteiger partial charge is 0.384 e. The van der Waals surface area contributed by atoms with Crippen LogP contribution in [0.2, 0.25) is 5.02 Å². The van der Waals surface area contributed by atoms with Gasteiger partial charge in [0.05, 0.1) is 5.69 Å². The SMILES string of the molecule is CN(C)c1ncccc1C1(O)C(N)=Nc2ccc(Cl)cc21. The summed E-state index contributed by atoms with van der Waals surface area (Å²) in [5, 5.41) is 11.8. The zero-order chi connectivity index (χ0) is 15.2. The number of pyridine rings is 1. The number of aromatic nitrogens is 1. The topological polar surface area (TPSA) is 74.7 Å². The first-order valence-corrected chi connectivity index (χ1v) is 6.82. The summed E-state index contributed by atoms with van der Waals surface area (Å²) in [6.45, 7) is 0. The zero-order valence-electron chi connectivity index (χ0n) is 11.7. The molecule has 0 saturated heterocycles. The number of hydrogen-bond acceptors (Lipinski definition) is 5. The first-order valence-electron chi connectivity index (χ1n) is 6.44. The summed E-state index contributed by atoms with van der Waals surface area (Å²) in [6.07, 6.45) is 1.67. The van der Waals surface area contributed by atoms with Crippen molar-refractivity contribution in [2.24, 2.45) is 10.7 Å². The van der Waals surface area contributed by atoms with E-state index in [-0.39, 0.29) is 5.84 Å². The molecular weight excluding hydrogens is 288 g/mol. The third-order valence-corrected chi connectivity index (χ3v) is 3.80. The minimum Gasteiger partial charge on any atom is -0.384 e.